The first-order valence-corrected chi connectivity index (χ1v) is 14.6. The van der Waals surface area contributed by atoms with Gasteiger partial charge in [-0.3, -0.25) is 4.98 Å². The maximum atomic E-state index is 11.3. The Morgan fingerprint density at radius 2 is 1.80 bits per heavy atom. The van der Waals surface area contributed by atoms with E-state index in [0.717, 1.165) is 35.7 Å². The zero-order valence-corrected chi connectivity index (χ0v) is 24.4. The van der Waals surface area contributed by atoms with Crippen LogP contribution in [0.25, 0.3) is 11.3 Å². The zero-order valence-electron chi connectivity index (χ0n) is 22.8. The van der Waals surface area contributed by atoms with Gasteiger partial charge in [0.1, 0.15) is 17.6 Å². The second-order valence-corrected chi connectivity index (χ2v) is 11.9. The third-order valence-corrected chi connectivity index (χ3v) is 8.47. The summed E-state index contributed by atoms with van der Waals surface area (Å²) < 4.78 is 6.42. The molecule has 210 valence electrons. The topological polar surface area (TPSA) is 81.8 Å². The van der Waals surface area contributed by atoms with Crippen molar-refractivity contribution in [1.29, 1.82) is 0 Å². The Morgan fingerprint density at radius 1 is 1.05 bits per heavy atom. The van der Waals surface area contributed by atoms with Crippen LogP contribution in [0.1, 0.15) is 54.2 Å². The van der Waals surface area contributed by atoms with E-state index in [0.29, 0.717) is 33.5 Å². The van der Waals surface area contributed by atoms with E-state index in [1.54, 1.807) is 30.5 Å². The lowest BCUT2D eigenvalue weighted by atomic mass is 9.91. The summed E-state index contributed by atoms with van der Waals surface area (Å²) in [7, 11) is 0. The molecule has 2 saturated heterocycles. The van der Waals surface area contributed by atoms with E-state index in [9.17, 15) is 9.90 Å². The molecule has 4 atom stereocenters. The Kier molecular flexibility index (Phi) is 7.45. The van der Waals surface area contributed by atoms with Crippen LogP contribution in [-0.4, -0.2) is 34.3 Å². The van der Waals surface area contributed by atoms with E-state index < -0.39 is 5.97 Å². The number of anilines is 2. The molecule has 2 aromatic heterocycles. The number of hydrogen-bond donors (Lipinski definition) is 2. The van der Waals surface area contributed by atoms with Crippen LogP contribution in [0.4, 0.5) is 11.4 Å². The zero-order chi connectivity index (χ0) is 28.7. The van der Waals surface area contributed by atoms with E-state index in [2.05, 4.69) is 41.2 Å². The first-order valence-electron chi connectivity index (χ1n) is 13.8. The Balaban J connectivity index is 1.37. The fourth-order valence-corrected chi connectivity index (χ4v) is 6.77. The number of aromatic carboxylic acids is 1. The number of halogens is 1. The third kappa shape index (κ3) is 5.42. The third-order valence-electron chi connectivity index (χ3n) is 7.85. The predicted octanol–water partition coefficient (Wildman–Crippen LogP) is 7.35. The SMILES string of the molecule is C[C@@H]1C[C@@H](C)CN(c2ccc(N3C(=S)N[C@@H](c4ccccn4)[C@@H]3c3ccc(-c4ccc(C(=O)O)cc4)o3)cc2Cl)C1. The van der Waals surface area contributed by atoms with Crippen LogP contribution in [0.2, 0.25) is 5.02 Å². The van der Waals surface area contributed by atoms with Crippen LogP contribution < -0.4 is 15.1 Å². The van der Waals surface area contributed by atoms with E-state index >= 15 is 0 Å². The number of nitrogens with one attached hydrogen (secondary N) is 1. The molecule has 0 aliphatic carbocycles. The Bertz CT molecular complexity index is 1570. The number of hydrogen-bond acceptors (Lipinski definition) is 5. The van der Waals surface area contributed by atoms with Gasteiger partial charge in [-0.05, 0) is 85.1 Å². The number of rotatable bonds is 6. The molecule has 6 rings (SSSR count). The molecule has 0 saturated carbocycles. The summed E-state index contributed by atoms with van der Waals surface area (Å²) in [6.07, 6.45) is 3.00. The largest absolute Gasteiger partial charge is 0.478 e. The molecule has 0 spiro atoms. The monoisotopic (exact) mass is 586 g/mol. The number of nitrogens with zero attached hydrogens (tertiary/aromatic N) is 3. The Labute approximate surface area is 249 Å². The molecule has 2 N–H and O–H groups in total. The van der Waals surface area contributed by atoms with Crippen molar-refractivity contribution in [2.24, 2.45) is 11.8 Å². The van der Waals surface area contributed by atoms with Gasteiger partial charge in [0.25, 0.3) is 0 Å². The molecule has 4 heterocycles. The predicted molar refractivity (Wildman–Crippen MR) is 166 cm³/mol. The van der Waals surface area contributed by atoms with Gasteiger partial charge in [-0.25, -0.2) is 4.79 Å². The van der Waals surface area contributed by atoms with Crippen molar-refractivity contribution in [2.45, 2.75) is 32.4 Å². The molecule has 2 aliphatic heterocycles. The lowest BCUT2D eigenvalue weighted by molar-refractivity contribution is 0.0697. The molecular formula is C32H31ClN4O3S. The highest BCUT2D eigenvalue weighted by molar-refractivity contribution is 7.80. The van der Waals surface area contributed by atoms with Crippen LogP contribution in [0.3, 0.4) is 0 Å². The number of benzene rings is 2. The lowest BCUT2D eigenvalue weighted by Crippen LogP contribution is -2.38. The first-order chi connectivity index (χ1) is 19.8. The highest BCUT2D eigenvalue weighted by Crippen LogP contribution is 2.44. The first kappa shape index (κ1) is 27.3. The molecule has 0 amide bonds. The molecule has 4 aromatic rings. The van der Waals surface area contributed by atoms with Gasteiger partial charge < -0.3 is 24.6 Å². The minimum absolute atomic E-state index is 0.223. The molecule has 2 fully saturated rings. The van der Waals surface area contributed by atoms with Gasteiger partial charge in [0.15, 0.2) is 5.11 Å². The van der Waals surface area contributed by atoms with Crippen molar-refractivity contribution < 1.29 is 14.3 Å². The molecule has 0 unspecified atom stereocenters. The van der Waals surface area contributed by atoms with Gasteiger partial charge in [0, 0.05) is 30.5 Å². The van der Waals surface area contributed by atoms with Crippen molar-refractivity contribution in [3.8, 4) is 11.3 Å². The second kappa shape index (κ2) is 11.2. The van der Waals surface area contributed by atoms with Crippen molar-refractivity contribution >= 4 is 46.3 Å². The molecule has 0 radical (unpaired) electrons. The van der Waals surface area contributed by atoms with Crippen molar-refractivity contribution in [1.82, 2.24) is 10.3 Å². The average molecular weight is 587 g/mol. The van der Waals surface area contributed by atoms with Crippen molar-refractivity contribution in [3.05, 3.63) is 101 Å². The number of furan rings is 1. The normalized spacial score (nSPS) is 22.6. The summed E-state index contributed by atoms with van der Waals surface area (Å²) in [5, 5.41) is 14.0. The summed E-state index contributed by atoms with van der Waals surface area (Å²) in [5.41, 5.74) is 3.75. The number of pyridine rings is 1. The fourth-order valence-electron chi connectivity index (χ4n) is 6.13. The molecule has 9 heteroatoms. The number of carbonyl (C=O) groups is 1. The molecule has 2 aromatic carbocycles. The number of aromatic nitrogens is 1. The van der Waals surface area contributed by atoms with E-state index in [1.807, 2.05) is 41.3 Å². The number of carboxylic acid groups (broad SMARTS) is 1. The summed E-state index contributed by atoms with van der Waals surface area (Å²) in [6, 6.07) is 21.8. The van der Waals surface area contributed by atoms with Gasteiger partial charge >= 0.3 is 5.97 Å². The quantitative estimate of drug-likeness (QED) is 0.227. The van der Waals surface area contributed by atoms with E-state index in [-0.39, 0.29) is 17.6 Å². The molecule has 7 nitrogen and oxygen atoms in total. The number of thiocarbonyl (C=S) groups is 1. The molecule has 41 heavy (non-hydrogen) atoms. The minimum Gasteiger partial charge on any atom is -0.478 e. The summed E-state index contributed by atoms with van der Waals surface area (Å²) in [6.45, 7) is 6.56. The Morgan fingerprint density at radius 3 is 2.46 bits per heavy atom. The van der Waals surface area contributed by atoms with Crippen LogP contribution in [0, 0.1) is 11.8 Å². The lowest BCUT2D eigenvalue weighted by Gasteiger charge is -2.37. The summed E-state index contributed by atoms with van der Waals surface area (Å²) in [5.74, 6) is 1.59. The maximum absolute atomic E-state index is 11.3. The standard InChI is InChI=1S/C32H31ClN4O3S/c1-19-15-20(2)18-36(17-19)26-11-10-23(16-24(26)33)37-30(29(35-32(37)41)25-5-3-4-14-34-25)28-13-12-27(40-28)21-6-8-22(9-7-21)31(38)39/h3-14,16,19-20,29-30H,15,17-18H2,1-2H3,(H,35,41)(H,38,39)/t19-,20-,29+,30+/m1/s1. The molecule has 2 aliphatic rings. The number of carboxylic acids is 1. The van der Waals surface area contributed by atoms with Gasteiger partial charge in [0.2, 0.25) is 0 Å². The van der Waals surface area contributed by atoms with Crippen LogP contribution in [-0.2, 0) is 0 Å². The summed E-state index contributed by atoms with van der Waals surface area (Å²) >= 11 is 12.8. The van der Waals surface area contributed by atoms with Gasteiger partial charge in [0.05, 0.1) is 28.0 Å². The summed E-state index contributed by atoms with van der Waals surface area (Å²) in [4.78, 5) is 20.3. The highest BCUT2D eigenvalue weighted by Gasteiger charge is 2.43. The molecule has 0 bridgehead atoms. The van der Waals surface area contributed by atoms with Crippen LogP contribution in [0.15, 0.2) is 83.4 Å². The van der Waals surface area contributed by atoms with E-state index in [1.165, 1.54) is 6.42 Å². The molecular weight excluding hydrogens is 556 g/mol. The van der Waals surface area contributed by atoms with Crippen LogP contribution >= 0.6 is 23.8 Å². The van der Waals surface area contributed by atoms with Gasteiger partial charge in [-0.1, -0.05) is 43.6 Å². The highest BCUT2D eigenvalue weighted by atomic mass is 35.5. The Hall–Kier alpha value is -3.88. The van der Waals surface area contributed by atoms with Gasteiger partial charge in [-0.2, -0.15) is 0 Å². The van der Waals surface area contributed by atoms with Crippen molar-refractivity contribution in [3.63, 3.8) is 0 Å². The smallest absolute Gasteiger partial charge is 0.335 e. The van der Waals surface area contributed by atoms with Crippen molar-refractivity contribution in [2.75, 3.05) is 22.9 Å². The van der Waals surface area contributed by atoms with E-state index in [4.69, 9.17) is 28.2 Å². The van der Waals surface area contributed by atoms with Gasteiger partial charge in [-0.15, -0.1) is 0 Å². The average Bonchev–Trinajstić information content (AvgIpc) is 3.57. The fraction of sp³-hybridized carbons (Fsp3) is 0.281. The van der Waals surface area contributed by atoms with Crippen LogP contribution in [0.5, 0.6) is 0 Å². The maximum Gasteiger partial charge on any atom is 0.335 e. The number of piperidine rings is 1. The minimum atomic E-state index is -0.968. The second-order valence-electron chi connectivity index (χ2n) is 11.1.